The molecule has 0 unspecified atom stereocenters. The number of hydrogen-bond donors (Lipinski definition) is 6. The molecule has 7 N–H and O–H groups in total. The summed E-state index contributed by atoms with van der Waals surface area (Å²) in [5.41, 5.74) is 4.88. The molecular formula is C37H37F2N7O9. The maximum Gasteiger partial charge on any atom is 0.343 e. The van der Waals surface area contributed by atoms with E-state index in [2.05, 4.69) is 26.3 Å². The van der Waals surface area contributed by atoms with E-state index in [9.17, 15) is 42.7 Å². The summed E-state index contributed by atoms with van der Waals surface area (Å²) in [5, 5.41) is 21.2. The molecule has 2 aliphatic heterocycles. The van der Waals surface area contributed by atoms with E-state index in [1.54, 1.807) is 37.3 Å². The molecule has 2 aliphatic rings. The van der Waals surface area contributed by atoms with Gasteiger partial charge in [-0.2, -0.15) is 0 Å². The van der Waals surface area contributed by atoms with E-state index in [4.69, 9.17) is 15.2 Å². The van der Waals surface area contributed by atoms with Crippen LogP contribution in [0.2, 0.25) is 0 Å². The molecule has 6 rings (SSSR count). The number of halogens is 2. The van der Waals surface area contributed by atoms with Crippen molar-refractivity contribution in [1.82, 2.24) is 30.8 Å². The number of rotatable bonds is 14. The van der Waals surface area contributed by atoms with Crippen LogP contribution in [0.3, 0.4) is 0 Å². The summed E-state index contributed by atoms with van der Waals surface area (Å²) in [6, 6.07) is 11.1. The van der Waals surface area contributed by atoms with Crippen molar-refractivity contribution >= 4 is 40.5 Å². The number of nitrogens with two attached hydrogens (primary N) is 1. The molecule has 2 atom stereocenters. The summed E-state index contributed by atoms with van der Waals surface area (Å²) in [6.07, 6.45) is 0.0206. The number of hydrogen-bond acceptors (Lipinski definition) is 11. The average molecular weight is 762 g/mol. The Bertz CT molecular complexity index is 2270. The Morgan fingerprint density at radius 3 is 2.45 bits per heavy atom. The van der Waals surface area contributed by atoms with Crippen molar-refractivity contribution < 1.29 is 47.3 Å². The number of carbonyl (C=O) groups excluding carboxylic acids is 5. The third-order valence-electron chi connectivity index (χ3n) is 9.45. The minimum absolute atomic E-state index is 0.0469. The first-order valence-electron chi connectivity index (χ1n) is 17.2. The Morgan fingerprint density at radius 1 is 1.00 bits per heavy atom. The number of nitrogens with one attached hydrogen (secondary N) is 4. The van der Waals surface area contributed by atoms with Gasteiger partial charge in [-0.3, -0.25) is 24.0 Å². The molecule has 4 aromatic rings. The lowest BCUT2D eigenvalue weighted by Gasteiger charge is -2.31. The molecule has 0 saturated heterocycles. The largest absolute Gasteiger partial charge is 0.458 e. The van der Waals surface area contributed by atoms with E-state index in [1.165, 1.54) is 10.6 Å². The van der Waals surface area contributed by atoms with E-state index < -0.39 is 71.5 Å². The van der Waals surface area contributed by atoms with Crippen LogP contribution in [0.15, 0.2) is 53.3 Å². The molecule has 0 fully saturated rings. The van der Waals surface area contributed by atoms with Gasteiger partial charge in [-0.1, -0.05) is 37.3 Å². The van der Waals surface area contributed by atoms with Gasteiger partial charge in [0.15, 0.2) is 17.2 Å². The standard InChI is InChI=1S/C37H37F2N7O9/c1-2-37(53)24-10-29-33-21(15-46(29)35(51)23(24)17-55-36(37)52)22(20-9-25(38)26(39)11-27(20)45-33)16-54-18-43-31(48)13-42-34(50)28(8-19-6-4-3-5-7-19)44-32(49)14-41-30(47)12-40/h3-7,9-11,28,53H,2,8,12-18,40H2,1H3,(H,41,47)(H,42,50)(H,43,48)(H,44,49)/t28-,37-/m0/s1. The minimum atomic E-state index is -2.07. The summed E-state index contributed by atoms with van der Waals surface area (Å²) in [7, 11) is 0. The van der Waals surface area contributed by atoms with Gasteiger partial charge in [-0.15, -0.1) is 0 Å². The third kappa shape index (κ3) is 7.91. The molecule has 0 bridgehead atoms. The highest BCUT2D eigenvalue weighted by atomic mass is 19.2. The maximum atomic E-state index is 14.5. The van der Waals surface area contributed by atoms with Crippen LogP contribution in [0.25, 0.3) is 22.3 Å². The number of ether oxygens (including phenoxy) is 2. The summed E-state index contributed by atoms with van der Waals surface area (Å²) >= 11 is 0. The zero-order valence-electron chi connectivity index (χ0n) is 29.5. The fraction of sp³-hybridized carbons (Fsp3) is 0.324. The van der Waals surface area contributed by atoms with E-state index in [0.717, 1.165) is 17.7 Å². The van der Waals surface area contributed by atoms with Crippen LogP contribution in [0.4, 0.5) is 8.78 Å². The predicted molar refractivity (Wildman–Crippen MR) is 189 cm³/mol. The number of cyclic esters (lactones) is 1. The van der Waals surface area contributed by atoms with Crippen LogP contribution in [0, 0.1) is 11.6 Å². The smallest absolute Gasteiger partial charge is 0.343 e. The number of pyridine rings is 2. The average Bonchev–Trinajstić information content (AvgIpc) is 3.55. The van der Waals surface area contributed by atoms with Crippen LogP contribution in [0.1, 0.15) is 41.2 Å². The topological polar surface area (TPSA) is 233 Å². The zero-order valence-corrected chi connectivity index (χ0v) is 29.5. The van der Waals surface area contributed by atoms with Crippen molar-refractivity contribution in [2.75, 3.05) is 26.4 Å². The third-order valence-corrected chi connectivity index (χ3v) is 9.45. The van der Waals surface area contributed by atoms with Gasteiger partial charge in [0.05, 0.1) is 55.3 Å². The van der Waals surface area contributed by atoms with Crippen LogP contribution >= 0.6 is 0 Å². The lowest BCUT2D eigenvalue weighted by molar-refractivity contribution is -0.172. The first-order valence-corrected chi connectivity index (χ1v) is 17.2. The highest BCUT2D eigenvalue weighted by molar-refractivity contribution is 5.92. The first-order chi connectivity index (χ1) is 26.3. The molecule has 16 nitrogen and oxygen atoms in total. The highest BCUT2D eigenvalue weighted by Gasteiger charge is 2.45. The molecule has 2 aromatic carbocycles. The molecular weight excluding hydrogens is 724 g/mol. The maximum absolute atomic E-state index is 14.5. The number of aliphatic hydroxyl groups is 1. The molecule has 0 spiro atoms. The van der Waals surface area contributed by atoms with Gasteiger partial charge in [-0.25, -0.2) is 18.6 Å². The number of nitrogens with zero attached hydrogens (tertiary/aromatic N) is 2. The van der Waals surface area contributed by atoms with Crippen LogP contribution in [-0.4, -0.2) is 76.7 Å². The number of benzene rings is 2. The lowest BCUT2D eigenvalue weighted by Crippen LogP contribution is -2.52. The zero-order chi connectivity index (χ0) is 39.4. The van der Waals surface area contributed by atoms with Crippen molar-refractivity contribution in [1.29, 1.82) is 0 Å². The lowest BCUT2D eigenvalue weighted by atomic mass is 9.86. The quantitative estimate of drug-likeness (QED) is 0.0496. The molecule has 4 heterocycles. The van der Waals surface area contributed by atoms with Gasteiger partial charge in [-0.05, 0) is 29.7 Å². The van der Waals surface area contributed by atoms with Crippen LogP contribution < -0.4 is 32.6 Å². The predicted octanol–water partition coefficient (Wildman–Crippen LogP) is -0.133. The van der Waals surface area contributed by atoms with Gasteiger partial charge >= 0.3 is 5.97 Å². The monoisotopic (exact) mass is 761 g/mol. The molecule has 4 amide bonds. The SMILES string of the molecule is CC[C@@]1(O)C(=O)OCc2c1cc1n(c2=O)Cc2c-1nc1cc(F)c(F)cc1c2COCNC(=O)CNC(=O)[C@H](Cc1ccccc1)NC(=O)CNC(=O)CN. The van der Waals surface area contributed by atoms with Gasteiger partial charge < -0.3 is 46.1 Å². The number of esters is 1. The second-order valence-corrected chi connectivity index (χ2v) is 12.9. The molecule has 18 heteroatoms. The Balaban J connectivity index is 1.14. The molecule has 2 aromatic heterocycles. The molecule has 55 heavy (non-hydrogen) atoms. The normalized spacial score (nSPS) is 16.0. The Hall–Kier alpha value is -6.11. The van der Waals surface area contributed by atoms with Crippen molar-refractivity contribution in [3.8, 4) is 11.4 Å². The molecule has 0 aliphatic carbocycles. The van der Waals surface area contributed by atoms with E-state index in [-0.39, 0.29) is 79.3 Å². The summed E-state index contributed by atoms with van der Waals surface area (Å²) in [4.78, 5) is 80.4. The minimum Gasteiger partial charge on any atom is -0.458 e. The van der Waals surface area contributed by atoms with Crippen LogP contribution in [-0.2, 0) is 65.2 Å². The van der Waals surface area contributed by atoms with E-state index >= 15 is 0 Å². The molecule has 288 valence electrons. The number of fused-ring (bicyclic) bond motifs is 5. The molecule has 0 radical (unpaired) electrons. The summed E-state index contributed by atoms with van der Waals surface area (Å²) < 4.78 is 41.2. The van der Waals surface area contributed by atoms with Crippen molar-refractivity contribution in [3.05, 3.63) is 98.3 Å². The van der Waals surface area contributed by atoms with Crippen molar-refractivity contribution in [2.24, 2.45) is 5.73 Å². The second kappa shape index (κ2) is 16.1. The fourth-order valence-corrected chi connectivity index (χ4v) is 6.52. The second-order valence-electron chi connectivity index (χ2n) is 12.9. The van der Waals surface area contributed by atoms with Crippen molar-refractivity contribution in [3.63, 3.8) is 0 Å². The van der Waals surface area contributed by atoms with E-state index in [1.807, 2.05) is 0 Å². The first kappa shape index (κ1) is 38.6. The number of carbonyl (C=O) groups is 5. The van der Waals surface area contributed by atoms with Crippen molar-refractivity contribution in [2.45, 2.75) is 51.2 Å². The Morgan fingerprint density at radius 2 is 1.73 bits per heavy atom. The Kier molecular flexibility index (Phi) is 11.3. The number of aromatic nitrogens is 2. The van der Waals surface area contributed by atoms with Gasteiger partial charge in [0, 0.05) is 29.0 Å². The Labute approximate surface area is 311 Å². The number of amides is 4. The van der Waals surface area contributed by atoms with E-state index in [0.29, 0.717) is 11.1 Å². The van der Waals surface area contributed by atoms with Gasteiger partial charge in [0.2, 0.25) is 23.6 Å². The van der Waals surface area contributed by atoms with Gasteiger partial charge in [0.25, 0.3) is 5.56 Å². The summed E-state index contributed by atoms with van der Waals surface area (Å²) in [5.74, 6) is -5.73. The van der Waals surface area contributed by atoms with Crippen LogP contribution in [0.5, 0.6) is 0 Å². The highest BCUT2D eigenvalue weighted by Crippen LogP contribution is 2.40. The summed E-state index contributed by atoms with van der Waals surface area (Å²) in [6.45, 7) is -0.682. The molecule has 0 saturated carbocycles. The van der Waals surface area contributed by atoms with Gasteiger partial charge in [0.1, 0.15) is 19.4 Å². The fourth-order valence-electron chi connectivity index (χ4n) is 6.52.